The van der Waals surface area contributed by atoms with Gasteiger partial charge in [-0.1, -0.05) is 0 Å². The molecule has 2 aromatic carbocycles. The number of hydrogen-bond donors (Lipinski definition) is 1. The zero-order chi connectivity index (χ0) is 15.7. The molecule has 0 fully saturated rings. The molecule has 0 atom stereocenters. The van der Waals surface area contributed by atoms with E-state index in [4.69, 9.17) is 0 Å². The molecule has 0 spiro atoms. The molecular weight excluding hydrogens is 311 g/mol. The summed E-state index contributed by atoms with van der Waals surface area (Å²) >= 11 is 1.04. The van der Waals surface area contributed by atoms with Crippen molar-refractivity contribution in [1.82, 2.24) is 8.75 Å². The summed E-state index contributed by atoms with van der Waals surface area (Å²) in [5, 5.41) is 13.2. The molecule has 22 heavy (non-hydrogen) atoms. The summed E-state index contributed by atoms with van der Waals surface area (Å²) in [7, 11) is 0. The van der Waals surface area contributed by atoms with Crippen molar-refractivity contribution in [2.24, 2.45) is 0 Å². The number of benzene rings is 2. The number of nitro benzene ring substituents is 1. The molecule has 3 aromatic rings. The lowest BCUT2D eigenvalue weighted by Gasteiger charge is -2.05. The predicted octanol–water partition coefficient (Wildman–Crippen LogP) is 2.99. The summed E-state index contributed by atoms with van der Waals surface area (Å²) in [4.78, 5) is 22.0. The summed E-state index contributed by atoms with van der Waals surface area (Å²) < 4.78 is 21.3. The summed E-state index contributed by atoms with van der Waals surface area (Å²) in [6.45, 7) is 0. The first kappa shape index (κ1) is 14.0. The normalized spacial score (nSPS) is 10.6. The van der Waals surface area contributed by atoms with Crippen molar-refractivity contribution in [2.45, 2.75) is 0 Å². The molecule has 1 amide bonds. The molecule has 0 saturated heterocycles. The number of nitro groups is 1. The standard InChI is InChI=1S/C13H7FN4O3S/c14-9-3-2-8(6-12(9)18(20)21)15-13(19)7-1-4-10-11(5-7)17-22-16-10/h1-6H,(H,15,19). The van der Waals surface area contributed by atoms with Crippen LogP contribution >= 0.6 is 11.7 Å². The number of fused-ring (bicyclic) bond motifs is 1. The Morgan fingerprint density at radius 3 is 2.73 bits per heavy atom. The van der Waals surface area contributed by atoms with E-state index >= 15 is 0 Å². The van der Waals surface area contributed by atoms with Crippen LogP contribution < -0.4 is 5.32 Å². The smallest absolute Gasteiger partial charge is 0.306 e. The van der Waals surface area contributed by atoms with Gasteiger partial charge >= 0.3 is 5.69 Å². The topological polar surface area (TPSA) is 98.0 Å². The van der Waals surface area contributed by atoms with Crippen molar-refractivity contribution < 1.29 is 14.1 Å². The zero-order valence-corrected chi connectivity index (χ0v) is 11.6. The van der Waals surface area contributed by atoms with Gasteiger partial charge in [-0.05, 0) is 30.3 Å². The van der Waals surface area contributed by atoms with Gasteiger partial charge in [0.25, 0.3) is 5.91 Å². The average Bonchev–Trinajstić information content (AvgIpc) is 2.96. The third-order valence-electron chi connectivity index (χ3n) is 2.92. The quantitative estimate of drug-likeness (QED) is 0.591. The molecule has 0 aliphatic heterocycles. The number of rotatable bonds is 3. The molecule has 3 rings (SSSR count). The van der Waals surface area contributed by atoms with E-state index in [2.05, 4.69) is 14.1 Å². The molecular formula is C13H7FN4O3S. The van der Waals surface area contributed by atoms with Crippen LogP contribution in [0.15, 0.2) is 36.4 Å². The Hall–Kier alpha value is -2.94. The van der Waals surface area contributed by atoms with Crippen LogP contribution in [0.5, 0.6) is 0 Å². The minimum atomic E-state index is -0.960. The fraction of sp³-hybridized carbons (Fsp3) is 0. The van der Waals surface area contributed by atoms with Crippen LogP contribution in [0.1, 0.15) is 10.4 Å². The summed E-state index contributed by atoms with van der Waals surface area (Å²) in [5.41, 5.74) is 1.03. The summed E-state index contributed by atoms with van der Waals surface area (Å²) in [6.07, 6.45) is 0. The van der Waals surface area contributed by atoms with E-state index in [-0.39, 0.29) is 5.69 Å². The Kier molecular flexibility index (Phi) is 3.47. The van der Waals surface area contributed by atoms with Crippen LogP contribution in [0.25, 0.3) is 11.0 Å². The zero-order valence-electron chi connectivity index (χ0n) is 10.8. The van der Waals surface area contributed by atoms with Crippen LogP contribution in [-0.2, 0) is 0 Å². The number of nitrogens with one attached hydrogen (secondary N) is 1. The van der Waals surface area contributed by atoms with Crippen LogP contribution in [0.2, 0.25) is 0 Å². The summed E-state index contributed by atoms with van der Waals surface area (Å²) in [6, 6.07) is 7.94. The lowest BCUT2D eigenvalue weighted by atomic mass is 10.2. The number of carbonyl (C=O) groups is 1. The average molecular weight is 318 g/mol. The third-order valence-corrected chi connectivity index (χ3v) is 3.47. The van der Waals surface area contributed by atoms with E-state index in [1.807, 2.05) is 0 Å². The molecule has 1 aromatic heterocycles. The van der Waals surface area contributed by atoms with Crippen molar-refractivity contribution in [3.05, 3.63) is 57.9 Å². The Morgan fingerprint density at radius 1 is 1.18 bits per heavy atom. The SMILES string of the molecule is O=C(Nc1ccc(F)c([N+](=O)[O-])c1)c1ccc2nsnc2c1. The monoisotopic (exact) mass is 318 g/mol. The van der Waals surface area contributed by atoms with E-state index in [1.165, 1.54) is 6.07 Å². The largest absolute Gasteiger partial charge is 0.322 e. The minimum absolute atomic E-state index is 0.134. The van der Waals surface area contributed by atoms with E-state index in [0.29, 0.717) is 16.6 Å². The Balaban J connectivity index is 1.87. The maximum Gasteiger partial charge on any atom is 0.306 e. The van der Waals surface area contributed by atoms with Gasteiger partial charge in [0.05, 0.1) is 16.7 Å². The van der Waals surface area contributed by atoms with Gasteiger partial charge in [-0.3, -0.25) is 14.9 Å². The highest BCUT2D eigenvalue weighted by Gasteiger charge is 2.16. The van der Waals surface area contributed by atoms with Crippen molar-refractivity contribution in [2.75, 3.05) is 5.32 Å². The first-order chi connectivity index (χ1) is 10.5. The van der Waals surface area contributed by atoms with Crippen molar-refractivity contribution in [3.63, 3.8) is 0 Å². The van der Waals surface area contributed by atoms with Gasteiger partial charge in [0.15, 0.2) is 0 Å². The molecule has 0 saturated carbocycles. The lowest BCUT2D eigenvalue weighted by molar-refractivity contribution is -0.387. The minimum Gasteiger partial charge on any atom is -0.322 e. The van der Waals surface area contributed by atoms with Crippen LogP contribution in [0, 0.1) is 15.9 Å². The molecule has 1 N–H and O–H groups in total. The molecule has 1 heterocycles. The Labute approximate surface area is 126 Å². The molecule has 0 unspecified atom stereocenters. The Morgan fingerprint density at radius 2 is 1.95 bits per heavy atom. The van der Waals surface area contributed by atoms with Gasteiger partial charge in [0, 0.05) is 17.3 Å². The fourth-order valence-corrected chi connectivity index (χ4v) is 2.37. The molecule has 0 bridgehead atoms. The van der Waals surface area contributed by atoms with E-state index in [9.17, 15) is 19.3 Å². The van der Waals surface area contributed by atoms with Crippen LogP contribution in [-0.4, -0.2) is 19.6 Å². The molecule has 7 nitrogen and oxygen atoms in total. The van der Waals surface area contributed by atoms with Crippen LogP contribution in [0.4, 0.5) is 15.8 Å². The Bertz CT molecular complexity index is 896. The number of amides is 1. The third kappa shape index (κ3) is 2.61. The molecule has 0 radical (unpaired) electrons. The number of anilines is 1. The number of halogens is 1. The van der Waals surface area contributed by atoms with Crippen molar-refractivity contribution in [1.29, 1.82) is 0 Å². The van der Waals surface area contributed by atoms with Crippen molar-refractivity contribution >= 4 is 40.0 Å². The molecule has 9 heteroatoms. The first-order valence-corrected chi connectivity index (χ1v) is 6.75. The second-order valence-corrected chi connectivity index (χ2v) is 4.87. The number of carbonyl (C=O) groups excluding carboxylic acids is 1. The van der Waals surface area contributed by atoms with Gasteiger partial charge in [-0.25, -0.2) is 0 Å². The van der Waals surface area contributed by atoms with Crippen molar-refractivity contribution in [3.8, 4) is 0 Å². The molecule has 0 aliphatic rings. The van der Waals surface area contributed by atoms with Gasteiger partial charge in [-0.15, -0.1) is 0 Å². The second-order valence-electron chi connectivity index (χ2n) is 4.35. The lowest BCUT2D eigenvalue weighted by Crippen LogP contribution is -2.12. The number of hydrogen-bond acceptors (Lipinski definition) is 6. The highest BCUT2D eigenvalue weighted by Crippen LogP contribution is 2.22. The van der Waals surface area contributed by atoms with Gasteiger partial charge in [0.2, 0.25) is 5.82 Å². The maximum atomic E-state index is 13.3. The first-order valence-electron chi connectivity index (χ1n) is 6.02. The number of nitrogens with zero attached hydrogens (tertiary/aromatic N) is 3. The predicted molar refractivity (Wildman–Crippen MR) is 78.4 cm³/mol. The van der Waals surface area contributed by atoms with Gasteiger partial charge < -0.3 is 5.32 Å². The van der Waals surface area contributed by atoms with E-state index in [0.717, 1.165) is 23.9 Å². The number of aromatic nitrogens is 2. The fourth-order valence-electron chi connectivity index (χ4n) is 1.86. The second kappa shape index (κ2) is 5.45. The van der Waals surface area contributed by atoms with E-state index in [1.54, 1.807) is 18.2 Å². The highest BCUT2D eigenvalue weighted by molar-refractivity contribution is 7.00. The molecule has 110 valence electrons. The maximum absolute atomic E-state index is 13.3. The van der Waals surface area contributed by atoms with Gasteiger partial charge in [-0.2, -0.15) is 13.1 Å². The molecule has 0 aliphatic carbocycles. The van der Waals surface area contributed by atoms with E-state index < -0.39 is 22.3 Å². The van der Waals surface area contributed by atoms with Crippen LogP contribution in [0.3, 0.4) is 0 Å². The van der Waals surface area contributed by atoms with Gasteiger partial charge in [0.1, 0.15) is 11.0 Å². The highest BCUT2D eigenvalue weighted by atomic mass is 32.1. The summed E-state index contributed by atoms with van der Waals surface area (Å²) in [5.74, 6) is -1.44.